The maximum Gasteiger partial charge on any atom is 0.135 e. The van der Waals surface area contributed by atoms with E-state index in [2.05, 4.69) is 18.7 Å². The van der Waals surface area contributed by atoms with Gasteiger partial charge in [0.2, 0.25) is 0 Å². The Bertz CT molecular complexity index is 457. The third-order valence-electron chi connectivity index (χ3n) is 3.26. The molecule has 0 radical (unpaired) electrons. The van der Waals surface area contributed by atoms with Gasteiger partial charge in [0.1, 0.15) is 10.8 Å². The van der Waals surface area contributed by atoms with Crippen LogP contribution in [0.1, 0.15) is 25.8 Å². The molecule has 2 rings (SSSR count). The Labute approximate surface area is 107 Å². The van der Waals surface area contributed by atoms with Crippen molar-refractivity contribution in [2.45, 2.75) is 20.3 Å². The molecule has 1 fully saturated rings. The van der Waals surface area contributed by atoms with Crippen molar-refractivity contribution in [1.29, 1.82) is 0 Å². The summed E-state index contributed by atoms with van der Waals surface area (Å²) < 4.78 is 13.8. The van der Waals surface area contributed by atoms with Crippen LogP contribution < -0.4 is 10.6 Å². The van der Waals surface area contributed by atoms with E-state index in [-0.39, 0.29) is 16.2 Å². The molecule has 0 aliphatic carbocycles. The number of hydrogen-bond donors (Lipinski definition) is 1. The summed E-state index contributed by atoms with van der Waals surface area (Å²) in [6.45, 7) is 6.26. The maximum atomic E-state index is 13.8. The molecular weight excluding hydrogens is 235 g/mol. The molecule has 2 nitrogen and oxygen atoms in total. The summed E-state index contributed by atoms with van der Waals surface area (Å²) in [5.74, 6) is -0.334. The van der Waals surface area contributed by atoms with Crippen molar-refractivity contribution in [3.63, 3.8) is 0 Å². The Morgan fingerprint density at radius 2 is 2.18 bits per heavy atom. The van der Waals surface area contributed by atoms with Gasteiger partial charge in [-0.3, -0.25) is 0 Å². The molecular formula is C13H17FN2S. The van der Waals surface area contributed by atoms with Crippen molar-refractivity contribution >= 4 is 22.9 Å². The Balaban J connectivity index is 2.40. The van der Waals surface area contributed by atoms with Crippen molar-refractivity contribution in [3.05, 3.63) is 29.6 Å². The zero-order chi connectivity index (χ0) is 12.6. The molecule has 17 heavy (non-hydrogen) atoms. The SMILES string of the molecule is CC1(C)CCN(c2cccc(F)c2C(N)=S)C1. The monoisotopic (exact) mass is 252 g/mol. The third-order valence-corrected chi connectivity index (χ3v) is 3.46. The predicted octanol–water partition coefficient (Wildman–Crippen LogP) is 2.70. The Morgan fingerprint density at radius 1 is 1.47 bits per heavy atom. The first kappa shape index (κ1) is 12.3. The first-order chi connectivity index (χ1) is 7.91. The normalized spacial score (nSPS) is 18.4. The number of halogens is 1. The van der Waals surface area contributed by atoms with Gasteiger partial charge < -0.3 is 10.6 Å². The van der Waals surface area contributed by atoms with Gasteiger partial charge in [0.25, 0.3) is 0 Å². The molecule has 1 aromatic carbocycles. The van der Waals surface area contributed by atoms with Crippen molar-refractivity contribution in [2.24, 2.45) is 11.1 Å². The summed E-state index contributed by atoms with van der Waals surface area (Å²) >= 11 is 4.94. The fraction of sp³-hybridized carbons (Fsp3) is 0.462. The van der Waals surface area contributed by atoms with Crippen molar-refractivity contribution in [3.8, 4) is 0 Å². The van der Waals surface area contributed by atoms with Gasteiger partial charge in [0.05, 0.1) is 5.56 Å². The van der Waals surface area contributed by atoms with Gasteiger partial charge in [-0.15, -0.1) is 0 Å². The lowest BCUT2D eigenvalue weighted by atomic mass is 9.93. The average molecular weight is 252 g/mol. The third kappa shape index (κ3) is 2.41. The number of thiocarbonyl (C=S) groups is 1. The lowest BCUT2D eigenvalue weighted by Crippen LogP contribution is -2.26. The van der Waals surface area contributed by atoms with Gasteiger partial charge in [0, 0.05) is 18.8 Å². The summed E-state index contributed by atoms with van der Waals surface area (Å²) in [5, 5.41) is 0. The number of anilines is 1. The quantitative estimate of drug-likeness (QED) is 0.821. The molecule has 0 aromatic heterocycles. The minimum atomic E-state index is -0.334. The number of hydrogen-bond acceptors (Lipinski definition) is 2. The average Bonchev–Trinajstić information content (AvgIpc) is 2.57. The standard InChI is InChI=1S/C13H17FN2S/c1-13(2)6-7-16(8-13)10-5-3-4-9(14)11(10)12(15)17/h3-5H,6-8H2,1-2H3,(H2,15,17). The van der Waals surface area contributed by atoms with E-state index >= 15 is 0 Å². The Morgan fingerprint density at radius 3 is 2.71 bits per heavy atom. The molecule has 0 atom stereocenters. The maximum absolute atomic E-state index is 13.8. The summed E-state index contributed by atoms with van der Waals surface area (Å²) in [6.07, 6.45) is 1.10. The van der Waals surface area contributed by atoms with Gasteiger partial charge >= 0.3 is 0 Å². The highest BCUT2D eigenvalue weighted by atomic mass is 32.1. The largest absolute Gasteiger partial charge is 0.389 e. The van der Waals surface area contributed by atoms with Crippen LogP contribution in [-0.2, 0) is 0 Å². The van der Waals surface area contributed by atoms with Crippen LogP contribution in [0.3, 0.4) is 0 Å². The smallest absolute Gasteiger partial charge is 0.135 e. The molecule has 0 bridgehead atoms. The van der Waals surface area contributed by atoms with E-state index in [0.717, 1.165) is 25.2 Å². The van der Waals surface area contributed by atoms with E-state index in [0.29, 0.717) is 5.56 Å². The highest BCUT2D eigenvalue weighted by molar-refractivity contribution is 7.80. The zero-order valence-electron chi connectivity index (χ0n) is 10.2. The van der Waals surface area contributed by atoms with Crippen LogP contribution in [0.15, 0.2) is 18.2 Å². The Kier molecular flexibility index (Phi) is 3.08. The van der Waals surface area contributed by atoms with E-state index in [4.69, 9.17) is 18.0 Å². The van der Waals surface area contributed by atoms with Crippen LogP contribution in [-0.4, -0.2) is 18.1 Å². The molecule has 0 saturated carbocycles. The molecule has 1 heterocycles. The minimum absolute atomic E-state index is 0.128. The van der Waals surface area contributed by atoms with Crippen molar-refractivity contribution < 1.29 is 4.39 Å². The fourth-order valence-electron chi connectivity index (χ4n) is 2.34. The van der Waals surface area contributed by atoms with Crippen LogP contribution in [0.4, 0.5) is 10.1 Å². The van der Waals surface area contributed by atoms with Crippen LogP contribution in [0, 0.1) is 11.2 Å². The van der Waals surface area contributed by atoms with Crippen LogP contribution >= 0.6 is 12.2 Å². The number of nitrogens with two attached hydrogens (primary N) is 1. The van der Waals surface area contributed by atoms with Crippen LogP contribution in [0.5, 0.6) is 0 Å². The molecule has 1 aliphatic heterocycles. The molecule has 92 valence electrons. The second kappa shape index (κ2) is 4.26. The van der Waals surface area contributed by atoms with Crippen LogP contribution in [0.2, 0.25) is 0 Å². The van der Waals surface area contributed by atoms with Gasteiger partial charge in [-0.25, -0.2) is 4.39 Å². The highest BCUT2D eigenvalue weighted by Crippen LogP contribution is 2.34. The molecule has 0 amide bonds. The van der Waals surface area contributed by atoms with E-state index in [9.17, 15) is 4.39 Å². The second-order valence-electron chi connectivity index (χ2n) is 5.33. The topological polar surface area (TPSA) is 29.3 Å². The Hall–Kier alpha value is -1.16. The van der Waals surface area contributed by atoms with Gasteiger partial charge in [-0.05, 0) is 24.0 Å². The fourth-order valence-corrected chi connectivity index (χ4v) is 2.54. The van der Waals surface area contributed by atoms with E-state index in [1.54, 1.807) is 6.07 Å². The molecule has 0 spiro atoms. The van der Waals surface area contributed by atoms with Gasteiger partial charge in [-0.2, -0.15) is 0 Å². The van der Waals surface area contributed by atoms with Crippen LogP contribution in [0.25, 0.3) is 0 Å². The first-order valence-electron chi connectivity index (χ1n) is 5.74. The highest BCUT2D eigenvalue weighted by Gasteiger charge is 2.31. The minimum Gasteiger partial charge on any atom is -0.389 e. The lowest BCUT2D eigenvalue weighted by Gasteiger charge is -2.24. The lowest BCUT2D eigenvalue weighted by molar-refractivity contribution is 0.418. The summed E-state index contributed by atoms with van der Waals surface area (Å²) in [4.78, 5) is 2.29. The van der Waals surface area contributed by atoms with Crippen molar-refractivity contribution in [2.75, 3.05) is 18.0 Å². The van der Waals surface area contributed by atoms with Gasteiger partial charge in [0.15, 0.2) is 0 Å². The van der Waals surface area contributed by atoms with E-state index < -0.39 is 0 Å². The zero-order valence-corrected chi connectivity index (χ0v) is 11.0. The second-order valence-corrected chi connectivity index (χ2v) is 5.77. The predicted molar refractivity (Wildman–Crippen MR) is 72.9 cm³/mol. The summed E-state index contributed by atoms with van der Waals surface area (Å²) in [6, 6.07) is 5.00. The van der Waals surface area contributed by atoms with Gasteiger partial charge in [-0.1, -0.05) is 32.1 Å². The molecule has 1 saturated heterocycles. The molecule has 1 aromatic rings. The molecule has 2 N–H and O–H groups in total. The van der Waals surface area contributed by atoms with E-state index in [1.165, 1.54) is 6.07 Å². The first-order valence-corrected chi connectivity index (χ1v) is 6.15. The number of benzene rings is 1. The number of rotatable bonds is 2. The molecule has 4 heteroatoms. The van der Waals surface area contributed by atoms with Crippen molar-refractivity contribution in [1.82, 2.24) is 0 Å². The molecule has 1 aliphatic rings. The summed E-state index contributed by atoms with van der Waals surface area (Å²) in [5.41, 5.74) is 7.08. The van der Waals surface area contributed by atoms with E-state index in [1.807, 2.05) is 6.07 Å². The number of nitrogens with zero attached hydrogens (tertiary/aromatic N) is 1. The summed E-state index contributed by atoms with van der Waals surface area (Å²) in [7, 11) is 0. The molecule has 0 unspecified atom stereocenters.